The fourth-order valence-electron chi connectivity index (χ4n) is 1.43. The normalized spacial score (nSPS) is 10.1. The molecule has 0 aromatic heterocycles. The first-order valence-corrected chi connectivity index (χ1v) is 6.03. The van der Waals surface area contributed by atoms with Crippen molar-refractivity contribution in [2.24, 2.45) is 0 Å². The molecule has 2 aromatic rings. The van der Waals surface area contributed by atoms with E-state index in [4.69, 9.17) is 10.5 Å². The lowest BCUT2D eigenvalue weighted by Gasteiger charge is -2.10. The third-order valence-electron chi connectivity index (χ3n) is 2.26. The highest BCUT2D eigenvalue weighted by molar-refractivity contribution is 14.1. The van der Waals surface area contributed by atoms with E-state index in [0.717, 1.165) is 26.3 Å². The van der Waals surface area contributed by atoms with Crippen LogP contribution in [0.2, 0.25) is 0 Å². The van der Waals surface area contributed by atoms with Crippen LogP contribution in [-0.4, -0.2) is 0 Å². The maximum absolute atomic E-state index is 5.83. The van der Waals surface area contributed by atoms with E-state index >= 15 is 0 Å². The monoisotopic (exact) mass is 325 g/mol. The van der Waals surface area contributed by atoms with Crippen molar-refractivity contribution in [2.75, 3.05) is 5.73 Å². The summed E-state index contributed by atoms with van der Waals surface area (Å²) < 4.78 is 6.93. The van der Waals surface area contributed by atoms with E-state index in [1.807, 2.05) is 49.4 Å². The van der Waals surface area contributed by atoms with E-state index in [1.54, 1.807) is 0 Å². The van der Waals surface area contributed by atoms with Crippen LogP contribution in [0.4, 0.5) is 5.69 Å². The van der Waals surface area contributed by atoms with Crippen LogP contribution in [-0.2, 0) is 0 Å². The van der Waals surface area contributed by atoms with Crippen LogP contribution in [0.15, 0.2) is 42.5 Å². The lowest BCUT2D eigenvalue weighted by Crippen LogP contribution is -1.91. The van der Waals surface area contributed by atoms with E-state index in [1.165, 1.54) is 0 Å². The summed E-state index contributed by atoms with van der Waals surface area (Å²) in [7, 11) is 0. The molecule has 2 nitrogen and oxygen atoms in total. The van der Waals surface area contributed by atoms with Gasteiger partial charge in [0.15, 0.2) is 0 Å². The van der Waals surface area contributed by atoms with Gasteiger partial charge in [0.2, 0.25) is 0 Å². The van der Waals surface area contributed by atoms with Gasteiger partial charge < -0.3 is 10.5 Å². The van der Waals surface area contributed by atoms with Gasteiger partial charge in [0.1, 0.15) is 11.5 Å². The Morgan fingerprint density at radius 3 is 2.50 bits per heavy atom. The Balaban J connectivity index is 2.31. The van der Waals surface area contributed by atoms with Crippen LogP contribution in [0.5, 0.6) is 11.5 Å². The fourth-order valence-corrected chi connectivity index (χ4v) is 1.93. The number of anilines is 1. The van der Waals surface area contributed by atoms with Crippen molar-refractivity contribution < 1.29 is 4.74 Å². The lowest BCUT2D eigenvalue weighted by atomic mass is 10.2. The van der Waals surface area contributed by atoms with Gasteiger partial charge in [0.05, 0.1) is 3.57 Å². The molecular formula is C13H12INO. The third kappa shape index (κ3) is 2.47. The second kappa shape index (κ2) is 4.74. The van der Waals surface area contributed by atoms with Gasteiger partial charge in [0.25, 0.3) is 0 Å². The minimum Gasteiger partial charge on any atom is -0.456 e. The zero-order valence-corrected chi connectivity index (χ0v) is 11.1. The van der Waals surface area contributed by atoms with Crippen molar-refractivity contribution in [1.82, 2.24) is 0 Å². The number of halogens is 1. The SMILES string of the molecule is Cc1cc(N)ccc1Oc1ccccc1I. The quantitative estimate of drug-likeness (QED) is 0.670. The highest BCUT2D eigenvalue weighted by Crippen LogP contribution is 2.29. The van der Waals surface area contributed by atoms with Gasteiger partial charge in [-0.05, 0) is 65.4 Å². The van der Waals surface area contributed by atoms with Crippen LogP contribution in [0, 0.1) is 10.5 Å². The molecule has 3 heteroatoms. The molecule has 0 heterocycles. The van der Waals surface area contributed by atoms with Gasteiger partial charge in [-0.15, -0.1) is 0 Å². The average molecular weight is 325 g/mol. The van der Waals surface area contributed by atoms with Crippen molar-refractivity contribution in [3.63, 3.8) is 0 Å². The third-order valence-corrected chi connectivity index (χ3v) is 3.15. The number of nitrogens with two attached hydrogens (primary N) is 1. The molecule has 16 heavy (non-hydrogen) atoms. The van der Waals surface area contributed by atoms with Crippen LogP contribution in [0.3, 0.4) is 0 Å². The first-order chi connectivity index (χ1) is 7.66. The van der Waals surface area contributed by atoms with Gasteiger partial charge in [-0.25, -0.2) is 0 Å². The minimum atomic E-state index is 0.757. The van der Waals surface area contributed by atoms with Crippen LogP contribution < -0.4 is 10.5 Å². The van der Waals surface area contributed by atoms with E-state index in [-0.39, 0.29) is 0 Å². The summed E-state index contributed by atoms with van der Waals surface area (Å²) in [6.07, 6.45) is 0. The average Bonchev–Trinajstić information content (AvgIpc) is 2.25. The van der Waals surface area contributed by atoms with Crippen molar-refractivity contribution >= 4 is 28.3 Å². The molecule has 0 fully saturated rings. The topological polar surface area (TPSA) is 35.2 Å². The maximum atomic E-state index is 5.83. The number of ether oxygens (including phenoxy) is 1. The van der Waals surface area contributed by atoms with Gasteiger partial charge in [-0.1, -0.05) is 12.1 Å². The fraction of sp³-hybridized carbons (Fsp3) is 0.0769. The molecule has 82 valence electrons. The standard InChI is InChI=1S/C13H12INO/c1-9-8-10(15)6-7-12(9)16-13-5-3-2-4-11(13)14/h2-8H,15H2,1H3. The molecule has 2 rings (SSSR count). The predicted octanol–water partition coefficient (Wildman–Crippen LogP) is 3.97. The highest BCUT2D eigenvalue weighted by Gasteiger charge is 2.04. The second-order valence-corrected chi connectivity index (χ2v) is 4.72. The van der Waals surface area contributed by atoms with Crippen molar-refractivity contribution in [2.45, 2.75) is 6.92 Å². The molecule has 0 aliphatic heterocycles. The van der Waals surface area contributed by atoms with Gasteiger partial charge in [-0.3, -0.25) is 0 Å². The Morgan fingerprint density at radius 2 is 1.81 bits per heavy atom. The van der Waals surface area contributed by atoms with Crippen LogP contribution in [0.25, 0.3) is 0 Å². The van der Waals surface area contributed by atoms with Crippen molar-refractivity contribution in [1.29, 1.82) is 0 Å². The zero-order valence-electron chi connectivity index (χ0n) is 8.91. The number of hydrogen-bond acceptors (Lipinski definition) is 2. The molecule has 0 bridgehead atoms. The number of hydrogen-bond donors (Lipinski definition) is 1. The maximum Gasteiger partial charge on any atom is 0.140 e. The van der Waals surface area contributed by atoms with Crippen LogP contribution >= 0.6 is 22.6 Å². The summed E-state index contributed by atoms with van der Waals surface area (Å²) in [4.78, 5) is 0. The molecule has 0 atom stereocenters. The Hall–Kier alpha value is -1.23. The minimum absolute atomic E-state index is 0.757. The van der Waals surface area contributed by atoms with E-state index in [9.17, 15) is 0 Å². The second-order valence-electron chi connectivity index (χ2n) is 3.56. The van der Waals surface area contributed by atoms with Gasteiger partial charge in [-0.2, -0.15) is 0 Å². The van der Waals surface area contributed by atoms with Crippen molar-refractivity contribution in [3.05, 3.63) is 51.6 Å². The predicted molar refractivity (Wildman–Crippen MR) is 74.8 cm³/mol. The largest absolute Gasteiger partial charge is 0.456 e. The van der Waals surface area contributed by atoms with E-state index in [2.05, 4.69) is 22.6 Å². The summed E-state index contributed by atoms with van der Waals surface area (Å²) in [6.45, 7) is 1.99. The Kier molecular flexibility index (Phi) is 3.33. The van der Waals surface area contributed by atoms with Crippen molar-refractivity contribution in [3.8, 4) is 11.5 Å². The molecule has 0 saturated carbocycles. The number of benzene rings is 2. The smallest absolute Gasteiger partial charge is 0.140 e. The Bertz CT molecular complexity index is 511. The zero-order chi connectivity index (χ0) is 11.5. The Morgan fingerprint density at radius 1 is 1.06 bits per heavy atom. The molecule has 2 N–H and O–H groups in total. The summed E-state index contributed by atoms with van der Waals surface area (Å²) in [6, 6.07) is 13.6. The first kappa shape index (κ1) is 11.3. The molecule has 0 unspecified atom stereocenters. The number of para-hydroxylation sites is 1. The summed E-state index contributed by atoms with van der Waals surface area (Å²) >= 11 is 2.26. The molecule has 0 spiro atoms. The highest BCUT2D eigenvalue weighted by atomic mass is 127. The number of rotatable bonds is 2. The Labute approximate surface area is 109 Å². The van der Waals surface area contributed by atoms with Gasteiger partial charge >= 0.3 is 0 Å². The summed E-state index contributed by atoms with van der Waals surface area (Å²) in [5, 5.41) is 0. The van der Waals surface area contributed by atoms with E-state index in [0.29, 0.717) is 0 Å². The lowest BCUT2D eigenvalue weighted by molar-refractivity contribution is 0.475. The summed E-state index contributed by atoms with van der Waals surface area (Å²) in [5.74, 6) is 1.72. The number of aryl methyl sites for hydroxylation is 1. The molecule has 0 aliphatic carbocycles. The number of nitrogen functional groups attached to an aromatic ring is 1. The molecule has 0 amide bonds. The molecule has 0 radical (unpaired) electrons. The summed E-state index contributed by atoms with van der Waals surface area (Å²) in [5.41, 5.74) is 7.49. The molecule has 0 aliphatic rings. The van der Waals surface area contributed by atoms with Gasteiger partial charge in [0, 0.05) is 5.69 Å². The van der Waals surface area contributed by atoms with E-state index < -0.39 is 0 Å². The molecule has 2 aromatic carbocycles. The molecular weight excluding hydrogens is 313 g/mol. The first-order valence-electron chi connectivity index (χ1n) is 4.95. The van der Waals surface area contributed by atoms with Crippen LogP contribution in [0.1, 0.15) is 5.56 Å². The molecule has 0 saturated heterocycles.